The zero-order valence-corrected chi connectivity index (χ0v) is 11.8. The fourth-order valence-electron chi connectivity index (χ4n) is 1.30. The van der Waals surface area contributed by atoms with Crippen molar-refractivity contribution in [3.8, 4) is 0 Å². The molecule has 1 rings (SSSR count). The number of aryl methyl sites for hydroxylation is 2. The minimum Gasteiger partial charge on any atom is -0.346 e. The fourth-order valence-corrected chi connectivity index (χ4v) is 1.44. The molecule has 0 saturated carbocycles. The maximum absolute atomic E-state index is 12.0. The molecule has 1 N–H and O–H groups in total. The van der Waals surface area contributed by atoms with Crippen LogP contribution in [0.2, 0.25) is 0 Å². The van der Waals surface area contributed by atoms with Crippen molar-refractivity contribution in [2.45, 2.75) is 33.2 Å². The van der Waals surface area contributed by atoms with Crippen LogP contribution in [0.1, 0.15) is 35.3 Å². The van der Waals surface area contributed by atoms with Crippen LogP contribution in [0.3, 0.4) is 0 Å². The summed E-state index contributed by atoms with van der Waals surface area (Å²) in [4.78, 5) is 12.0. The van der Waals surface area contributed by atoms with Crippen LogP contribution in [0.15, 0.2) is 18.2 Å². The number of carbonyl (C=O) groups excluding carboxylic acids is 1. The van der Waals surface area contributed by atoms with Crippen molar-refractivity contribution in [3.63, 3.8) is 0 Å². The second-order valence-electron chi connectivity index (χ2n) is 4.77. The molecule has 0 heterocycles. The molecular formula is C13H18BrNO. The van der Waals surface area contributed by atoms with Gasteiger partial charge in [0.2, 0.25) is 0 Å². The van der Waals surface area contributed by atoms with Gasteiger partial charge >= 0.3 is 0 Å². The standard InChI is InChI=1S/C13H18BrNO/c1-9-5-6-11(7-10(9)2)12(16)15-13(3,4)8-14/h5-7H,8H2,1-4H3,(H,15,16). The van der Waals surface area contributed by atoms with Gasteiger partial charge in [-0.2, -0.15) is 0 Å². The predicted molar refractivity (Wildman–Crippen MR) is 71.3 cm³/mol. The van der Waals surface area contributed by atoms with E-state index in [0.717, 1.165) is 16.5 Å². The molecule has 0 aliphatic rings. The fraction of sp³-hybridized carbons (Fsp3) is 0.462. The van der Waals surface area contributed by atoms with Gasteiger partial charge in [0.1, 0.15) is 0 Å². The Kier molecular flexibility index (Phi) is 4.14. The van der Waals surface area contributed by atoms with E-state index in [0.29, 0.717) is 0 Å². The largest absolute Gasteiger partial charge is 0.346 e. The summed E-state index contributed by atoms with van der Waals surface area (Å²) in [5.74, 6) is -0.0208. The topological polar surface area (TPSA) is 29.1 Å². The van der Waals surface area contributed by atoms with Gasteiger partial charge in [0, 0.05) is 16.4 Å². The second kappa shape index (κ2) is 5.00. The van der Waals surface area contributed by atoms with Crippen LogP contribution in [0.5, 0.6) is 0 Å². The first-order valence-electron chi connectivity index (χ1n) is 5.31. The van der Waals surface area contributed by atoms with Crippen molar-refractivity contribution < 1.29 is 4.79 Å². The van der Waals surface area contributed by atoms with E-state index in [1.807, 2.05) is 45.9 Å². The van der Waals surface area contributed by atoms with Crippen LogP contribution in [-0.4, -0.2) is 16.8 Å². The summed E-state index contributed by atoms with van der Waals surface area (Å²) in [5, 5.41) is 3.72. The molecule has 3 heteroatoms. The van der Waals surface area contributed by atoms with Gasteiger partial charge in [-0.25, -0.2) is 0 Å². The van der Waals surface area contributed by atoms with Gasteiger partial charge in [-0.05, 0) is 51.0 Å². The Morgan fingerprint density at radius 2 is 1.94 bits per heavy atom. The zero-order chi connectivity index (χ0) is 12.3. The summed E-state index contributed by atoms with van der Waals surface area (Å²) in [5.41, 5.74) is 2.84. The number of hydrogen-bond acceptors (Lipinski definition) is 1. The number of benzene rings is 1. The monoisotopic (exact) mass is 283 g/mol. The summed E-state index contributed by atoms with van der Waals surface area (Å²) in [6.45, 7) is 8.03. The van der Waals surface area contributed by atoms with Crippen molar-refractivity contribution in [1.82, 2.24) is 5.32 Å². The lowest BCUT2D eigenvalue weighted by Gasteiger charge is -2.23. The third-order valence-corrected chi connectivity index (χ3v) is 3.96. The quantitative estimate of drug-likeness (QED) is 0.848. The molecule has 0 fully saturated rings. The van der Waals surface area contributed by atoms with Gasteiger partial charge in [-0.3, -0.25) is 4.79 Å². The number of amides is 1. The van der Waals surface area contributed by atoms with E-state index >= 15 is 0 Å². The zero-order valence-electron chi connectivity index (χ0n) is 10.2. The first kappa shape index (κ1) is 13.2. The molecule has 0 spiro atoms. The predicted octanol–water partition coefficient (Wildman–Crippen LogP) is 3.21. The number of nitrogens with one attached hydrogen (secondary N) is 1. The Bertz CT molecular complexity index is 399. The van der Waals surface area contributed by atoms with Gasteiger partial charge in [0.15, 0.2) is 0 Å². The molecule has 0 atom stereocenters. The summed E-state index contributed by atoms with van der Waals surface area (Å²) < 4.78 is 0. The van der Waals surface area contributed by atoms with E-state index in [-0.39, 0.29) is 11.4 Å². The molecule has 1 aromatic rings. The smallest absolute Gasteiger partial charge is 0.251 e. The normalized spacial score (nSPS) is 11.3. The van der Waals surface area contributed by atoms with E-state index in [4.69, 9.17) is 0 Å². The highest BCUT2D eigenvalue weighted by molar-refractivity contribution is 9.09. The van der Waals surface area contributed by atoms with Crippen LogP contribution in [0.25, 0.3) is 0 Å². The Morgan fingerprint density at radius 3 is 2.44 bits per heavy atom. The second-order valence-corrected chi connectivity index (χ2v) is 5.33. The van der Waals surface area contributed by atoms with Crippen molar-refractivity contribution in [1.29, 1.82) is 0 Å². The molecule has 88 valence electrons. The van der Waals surface area contributed by atoms with Crippen molar-refractivity contribution in [3.05, 3.63) is 34.9 Å². The molecule has 1 amide bonds. The Morgan fingerprint density at radius 1 is 1.31 bits per heavy atom. The Hall–Kier alpha value is -0.830. The van der Waals surface area contributed by atoms with Crippen LogP contribution in [0.4, 0.5) is 0 Å². The van der Waals surface area contributed by atoms with Gasteiger partial charge in [0.05, 0.1) is 0 Å². The lowest BCUT2D eigenvalue weighted by molar-refractivity contribution is 0.0921. The maximum Gasteiger partial charge on any atom is 0.251 e. The molecule has 16 heavy (non-hydrogen) atoms. The number of halogens is 1. The highest BCUT2D eigenvalue weighted by Gasteiger charge is 2.19. The molecule has 0 saturated heterocycles. The lowest BCUT2D eigenvalue weighted by Crippen LogP contribution is -2.44. The summed E-state index contributed by atoms with van der Waals surface area (Å²) in [6.07, 6.45) is 0. The Balaban J connectivity index is 2.85. The molecule has 0 bridgehead atoms. The van der Waals surface area contributed by atoms with Gasteiger partial charge < -0.3 is 5.32 Å². The summed E-state index contributed by atoms with van der Waals surface area (Å²) >= 11 is 3.38. The van der Waals surface area contributed by atoms with Gasteiger partial charge in [-0.1, -0.05) is 22.0 Å². The Labute approximate surface area is 106 Å². The summed E-state index contributed by atoms with van der Waals surface area (Å²) in [6, 6.07) is 5.77. The van der Waals surface area contributed by atoms with Crippen molar-refractivity contribution in [2.75, 3.05) is 5.33 Å². The number of hydrogen-bond donors (Lipinski definition) is 1. The lowest BCUT2D eigenvalue weighted by atomic mass is 10.0. The first-order chi connectivity index (χ1) is 7.35. The molecule has 1 aromatic carbocycles. The minimum absolute atomic E-state index is 0.0208. The first-order valence-corrected chi connectivity index (χ1v) is 6.43. The third-order valence-electron chi connectivity index (χ3n) is 2.56. The third kappa shape index (κ3) is 3.34. The average Bonchev–Trinajstić information content (AvgIpc) is 2.21. The van der Waals surface area contributed by atoms with Crippen molar-refractivity contribution in [2.24, 2.45) is 0 Å². The number of carbonyl (C=O) groups is 1. The maximum atomic E-state index is 12.0. The van der Waals surface area contributed by atoms with Gasteiger partial charge in [0.25, 0.3) is 5.91 Å². The van der Waals surface area contributed by atoms with E-state index in [2.05, 4.69) is 21.2 Å². The van der Waals surface area contributed by atoms with E-state index < -0.39 is 0 Å². The molecule has 0 aliphatic heterocycles. The molecule has 2 nitrogen and oxygen atoms in total. The van der Waals surface area contributed by atoms with Crippen LogP contribution < -0.4 is 5.32 Å². The molecule has 0 aromatic heterocycles. The van der Waals surface area contributed by atoms with Gasteiger partial charge in [-0.15, -0.1) is 0 Å². The summed E-state index contributed by atoms with van der Waals surface area (Å²) in [7, 11) is 0. The molecule has 0 radical (unpaired) electrons. The average molecular weight is 284 g/mol. The number of alkyl halides is 1. The highest BCUT2D eigenvalue weighted by Crippen LogP contribution is 2.12. The molecule has 0 aliphatic carbocycles. The van der Waals surface area contributed by atoms with E-state index in [9.17, 15) is 4.79 Å². The van der Waals surface area contributed by atoms with Crippen LogP contribution >= 0.6 is 15.9 Å². The minimum atomic E-state index is -0.226. The molecule has 0 unspecified atom stereocenters. The SMILES string of the molecule is Cc1ccc(C(=O)NC(C)(C)CBr)cc1C. The number of rotatable bonds is 3. The van der Waals surface area contributed by atoms with Crippen LogP contribution in [0, 0.1) is 13.8 Å². The van der Waals surface area contributed by atoms with Crippen molar-refractivity contribution >= 4 is 21.8 Å². The van der Waals surface area contributed by atoms with E-state index in [1.54, 1.807) is 0 Å². The van der Waals surface area contributed by atoms with E-state index in [1.165, 1.54) is 5.56 Å². The highest BCUT2D eigenvalue weighted by atomic mass is 79.9. The van der Waals surface area contributed by atoms with Crippen LogP contribution in [-0.2, 0) is 0 Å². The molecular weight excluding hydrogens is 266 g/mol.